The molecule has 0 saturated heterocycles. The number of thioether (sulfide) groups is 1. The van der Waals surface area contributed by atoms with Crippen molar-refractivity contribution in [1.82, 2.24) is 20.2 Å². The van der Waals surface area contributed by atoms with Gasteiger partial charge in [0.2, 0.25) is 11.0 Å². The first-order valence-electron chi connectivity index (χ1n) is 9.42. The molecule has 1 N–H and O–H groups in total. The highest BCUT2D eigenvalue weighted by molar-refractivity contribution is 8.00. The minimum absolute atomic E-state index is 0.00596. The Balaban J connectivity index is 1.36. The number of amides is 1. The summed E-state index contributed by atoms with van der Waals surface area (Å²) in [6.45, 7) is 1.56. The van der Waals surface area contributed by atoms with Crippen LogP contribution < -0.4 is 10.5 Å². The van der Waals surface area contributed by atoms with Gasteiger partial charge >= 0.3 is 0 Å². The van der Waals surface area contributed by atoms with Gasteiger partial charge < -0.3 is 4.98 Å². The van der Waals surface area contributed by atoms with Crippen molar-refractivity contribution in [3.05, 3.63) is 51.9 Å². The van der Waals surface area contributed by atoms with Gasteiger partial charge in [0.05, 0.1) is 11.1 Å². The number of nitrogens with zero attached hydrogens (tertiary/aromatic N) is 4. The number of carbonyl (C=O) groups excluding carboxylic acids is 1. The van der Waals surface area contributed by atoms with Crippen LogP contribution in [0.4, 0.5) is 5.13 Å². The van der Waals surface area contributed by atoms with Crippen LogP contribution in [0.25, 0.3) is 21.3 Å². The zero-order chi connectivity index (χ0) is 20.7. The standard InChI is InChI=1S/C20H17N5O2S3/c1-11(26)25(13-7-8-13)19-23-24-20(30-19)29-10-15-21-17(27)16-14(9-28-18(16)22-15)12-5-3-2-4-6-12/h2-6,9,13H,7-8,10H2,1H3,(H,21,22,27). The third-order valence-electron chi connectivity index (χ3n) is 4.76. The van der Waals surface area contributed by atoms with Crippen LogP contribution in [-0.2, 0) is 10.5 Å². The van der Waals surface area contributed by atoms with Gasteiger partial charge in [-0.15, -0.1) is 21.5 Å². The Labute approximate surface area is 184 Å². The van der Waals surface area contributed by atoms with Gasteiger partial charge in [0, 0.05) is 23.9 Å². The van der Waals surface area contributed by atoms with E-state index in [2.05, 4.69) is 20.2 Å². The lowest BCUT2D eigenvalue weighted by molar-refractivity contribution is -0.116. The number of thiophene rings is 1. The number of benzene rings is 1. The molecule has 0 unspecified atom stereocenters. The van der Waals surface area contributed by atoms with Crippen molar-refractivity contribution >= 4 is 55.7 Å². The van der Waals surface area contributed by atoms with Crippen molar-refractivity contribution in [2.45, 2.75) is 35.9 Å². The number of aromatic nitrogens is 4. The van der Waals surface area contributed by atoms with E-state index < -0.39 is 0 Å². The van der Waals surface area contributed by atoms with E-state index in [4.69, 9.17) is 0 Å². The number of H-pyrrole nitrogens is 1. The van der Waals surface area contributed by atoms with Crippen LogP contribution >= 0.6 is 34.4 Å². The minimum Gasteiger partial charge on any atom is -0.309 e. The summed E-state index contributed by atoms with van der Waals surface area (Å²) in [6.07, 6.45) is 2.02. The van der Waals surface area contributed by atoms with Crippen molar-refractivity contribution in [2.24, 2.45) is 0 Å². The lowest BCUT2D eigenvalue weighted by atomic mass is 10.1. The van der Waals surface area contributed by atoms with Gasteiger partial charge in [-0.25, -0.2) is 4.98 Å². The molecule has 1 fully saturated rings. The highest BCUT2D eigenvalue weighted by Crippen LogP contribution is 2.36. The summed E-state index contributed by atoms with van der Waals surface area (Å²) in [4.78, 5) is 34.6. The van der Waals surface area contributed by atoms with Crippen molar-refractivity contribution in [2.75, 3.05) is 4.90 Å². The number of rotatable bonds is 6. The normalized spacial score (nSPS) is 13.6. The van der Waals surface area contributed by atoms with Gasteiger partial charge in [0.1, 0.15) is 10.7 Å². The minimum atomic E-state index is -0.134. The van der Waals surface area contributed by atoms with Gasteiger partial charge in [0.15, 0.2) is 4.34 Å². The molecule has 5 rings (SSSR count). The predicted octanol–water partition coefficient (Wildman–Crippen LogP) is 4.31. The molecule has 3 aromatic heterocycles. The van der Waals surface area contributed by atoms with E-state index in [-0.39, 0.29) is 17.5 Å². The number of aromatic amines is 1. The van der Waals surface area contributed by atoms with Gasteiger partial charge in [-0.3, -0.25) is 14.5 Å². The number of carbonyl (C=O) groups is 1. The molecule has 4 aromatic rings. The highest BCUT2D eigenvalue weighted by atomic mass is 32.2. The average Bonchev–Trinajstić information content (AvgIpc) is 3.28. The first kappa shape index (κ1) is 19.4. The molecule has 0 aliphatic heterocycles. The van der Waals surface area contributed by atoms with E-state index in [9.17, 15) is 9.59 Å². The van der Waals surface area contributed by atoms with Crippen LogP contribution in [0.3, 0.4) is 0 Å². The Morgan fingerprint density at radius 3 is 2.80 bits per heavy atom. The van der Waals surface area contributed by atoms with Gasteiger partial charge in [-0.05, 0) is 18.4 Å². The third-order valence-corrected chi connectivity index (χ3v) is 7.70. The first-order valence-corrected chi connectivity index (χ1v) is 12.1. The van der Waals surface area contributed by atoms with Crippen molar-refractivity contribution in [3.63, 3.8) is 0 Å². The molecule has 0 bridgehead atoms. The second-order valence-corrected chi connectivity index (χ2v) is 10.0. The smallest absolute Gasteiger partial charge is 0.260 e. The molecule has 1 saturated carbocycles. The Bertz CT molecular complexity index is 1280. The number of nitrogens with one attached hydrogen (secondary N) is 1. The summed E-state index contributed by atoms with van der Waals surface area (Å²) in [5.41, 5.74) is 1.78. The summed E-state index contributed by atoms with van der Waals surface area (Å²) in [5, 5.41) is 11.6. The Kier molecular flexibility index (Phi) is 5.13. The number of anilines is 1. The molecule has 1 aromatic carbocycles. The second kappa shape index (κ2) is 7.93. The fraction of sp³-hybridized carbons (Fsp3) is 0.250. The number of fused-ring (bicyclic) bond motifs is 1. The van der Waals surface area contributed by atoms with Crippen molar-refractivity contribution in [3.8, 4) is 11.1 Å². The SMILES string of the molecule is CC(=O)N(c1nnc(SCc2nc3scc(-c4ccccc4)c3c(=O)[nH]2)s1)C1CC1. The largest absolute Gasteiger partial charge is 0.309 e. The third kappa shape index (κ3) is 3.78. The fourth-order valence-corrected chi connectivity index (χ4v) is 6.05. The van der Waals surface area contributed by atoms with Gasteiger partial charge in [-0.1, -0.05) is 53.4 Å². The molecular formula is C20H17N5O2S3. The Morgan fingerprint density at radius 1 is 1.27 bits per heavy atom. The molecule has 1 aliphatic rings. The van der Waals surface area contributed by atoms with E-state index in [1.165, 1.54) is 34.4 Å². The summed E-state index contributed by atoms with van der Waals surface area (Å²) in [6, 6.07) is 10.1. The lowest BCUT2D eigenvalue weighted by Gasteiger charge is -2.15. The molecule has 0 radical (unpaired) electrons. The molecule has 0 atom stereocenters. The van der Waals surface area contributed by atoms with Crippen LogP contribution in [0.2, 0.25) is 0 Å². The molecule has 1 aliphatic carbocycles. The second-order valence-electron chi connectivity index (χ2n) is 6.97. The monoisotopic (exact) mass is 455 g/mol. The number of hydrogen-bond donors (Lipinski definition) is 1. The maximum absolute atomic E-state index is 12.7. The topological polar surface area (TPSA) is 91.8 Å². The van der Waals surface area contributed by atoms with Crippen LogP contribution in [-0.4, -0.2) is 32.1 Å². The summed E-state index contributed by atoms with van der Waals surface area (Å²) in [7, 11) is 0. The molecule has 1 amide bonds. The molecule has 7 nitrogen and oxygen atoms in total. The molecule has 30 heavy (non-hydrogen) atoms. The average molecular weight is 456 g/mol. The lowest BCUT2D eigenvalue weighted by Crippen LogP contribution is -2.30. The Hall–Kier alpha value is -2.56. The van der Waals surface area contributed by atoms with E-state index in [0.717, 1.165) is 33.1 Å². The quantitative estimate of drug-likeness (QED) is 0.344. The van der Waals surface area contributed by atoms with Crippen LogP contribution in [0.1, 0.15) is 25.6 Å². The maximum atomic E-state index is 12.7. The van der Waals surface area contributed by atoms with Gasteiger partial charge in [-0.2, -0.15) is 0 Å². The molecule has 152 valence electrons. The van der Waals surface area contributed by atoms with E-state index >= 15 is 0 Å². The molecule has 10 heteroatoms. The molecule has 3 heterocycles. The molecular weight excluding hydrogens is 438 g/mol. The van der Waals surface area contributed by atoms with E-state index in [1.54, 1.807) is 11.8 Å². The fourth-order valence-electron chi connectivity index (χ4n) is 3.26. The maximum Gasteiger partial charge on any atom is 0.260 e. The van der Waals surface area contributed by atoms with Crippen LogP contribution in [0, 0.1) is 0 Å². The van der Waals surface area contributed by atoms with E-state index in [0.29, 0.717) is 22.1 Å². The zero-order valence-electron chi connectivity index (χ0n) is 16.0. The summed E-state index contributed by atoms with van der Waals surface area (Å²) >= 11 is 4.32. The highest BCUT2D eigenvalue weighted by Gasteiger charge is 2.34. The number of hydrogen-bond acceptors (Lipinski definition) is 8. The Morgan fingerprint density at radius 2 is 2.07 bits per heavy atom. The van der Waals surface area contributed by atoms with Crippen molar-refractivity contribution < 1.29 is 4.79 Å². The predicted molar refractivity (Wildman–Crippen MR) is 121 cm³/mol. The zero-order valence-corrected chi connectivity index (χ0v) is 18.4. The summed E-state index contributed by atoms with van der Waals surface area (Å²) < 4.78 is 0.746. The molecule has 0 spiro atoms. The summed E-state index contributed by atoms with van der Waals surface area (Å²) in [5.74, 6) is 1.07. The van der Waals surface area contributed by atoms with Crippen molar-refractivity contribution in [1.29, 1.82) is 0 Å². The van der Waals surface area contributed by atoms with Crippen LogP contribution in [0.15, 0.2) is 44.8 Å². The van der Waals surface area contributed by atoms with Crippen LogP contribution in [0.5, 0.6) is 0 Å². The van der Waals surface area contributed by atoms with E-state index in [1.807, 2.05) is 35.7 Å². The van der Waals surface area contributed by atoms with Gasteiger partial charge in [0.25, 0.3) is 5.56 Å². The first-order chi connectivity index (χ1) is 14.6.